The standard InChI is InChI=1S/C16H12ClNO3/c17-10-5-7-11(8-6-10)21-16(20)13-9-15(19)18-14-4-2-1-3-12(13)14/h1-8,13H,9H2,(H,18,19). The Morgan fingerprint density at radius 3 is 2.62 bits per heavy atom. The lowest BCUT2D eigenvalue weighted by Crippen LogP contribution is -2.29. The minimum Gasteiger partial charge on any atom is -0.426 e. The molecule has 5 heteroatoms. The monoisotopic (exact) mass is 301 g/mol. The number of carbonyl (C=O) groups excluding carboxylic acids is 2. The van der Waals surface area contributed by atoms with E-state index >= 15 is 0 Å². The first-order valence-corrected chi connectivity index (χ1v) is 6.87. The summed E-state index contributed by atoms with van der Waals surface area (Å²) in [5.74, 6) is -0.815. The summed E-state index contributed by atoms with van der Waals surface area (Å²) in [6.07, 6.45) is 0.0867. The smallest absolute Gasteiger partial charge is 0.319 e. The van der Waals surface area contributed by atoms with E-state index in [1.807, 2.05) is 18.2 Å². The predicted molar refractivity (Wildman–Crippen MR) is 79.5 cm³/mol. The molecule has 3 rings (SSSR count). The van der Waals surface area contributed by atoms with Crippen LogP contribution in [-0.2, 0) is 9.59 Å². The Morgan fingerprint density at radius 1 is 1.14 bits per heavy atom. The molecule has 1 aliphatic rings. The van der Waals surface area contributed by atoms with Gasteiger partial charge in [-0.1, -0.05) is 29.8 Å². The summed E-state index contributed by atoms with van der Waals surface area (Å²) < 4.78 is 5.34. The van der Waals surface area contributed by atoms with E-state index in [4.69, 9.17) is 16.3 Å². The minimum atomic E-state index is -0.592. The van der Waals surface area contributed by atoms with Gasteiger partial charge < -0.3 is 10.1 Å². The Balaban J connectivity index is 1.84. The lowest BCUT2D eigenvalue weighted by atomic mass is 9.91. The molecule has 21 heavy (non-hydrogen) atoms. The number of hydrogen-bond donors (Lipinski definition) is 1. The van der Waals surface area contributed by atoms with Gasteiger partial charge in [-0.2, -0.15) is 0 Å². The molecule has 0 fully saturated rings. The summed E-state index contributed by atoms with van der Waals surface area (Å²) in [5.41, 5.74) is 1.43. The van der Waals surface area contributed by atoms with Gasteiger partial charge in [0.2, 0.25) is 5.91 Å². The van der Waals surface area contributed by atoms with Crippen LogP contribution in [0.5, 0.6) is 5.75 Å². The van der Waals surface area contributed by atoms with Crippen LogP contribution < -0.4 is 10.1 Å². The summed E-state index contributed by atoms with van der Waals surface area (Å²) in [7, 11) is 0. The topological polar surface area (TPSA) is 55.4 Å². The first-order valence-electron chi connectivity index (χ1n) is 6.49. The third kappa shape index (κ3) is 2.90. The van der Waals surface area contributed by atoms with E-state index in [0.29, 0.717) is 16.5 Å². The molecule has 1 unspecified atom stereocenters. The van der Waals surface area contributed by atoms with Crippen molar-refractivity contribution in [3.8, 4) is 5.75 Å². The molecule has 0 saturated carbocycles. The second kappa shape index (κ2) is 5.58. The number of fused-ring (bicyclic) bond motifs is 1. The number of halogens is 1. The number of carbonyl (C=O) groups is 2. The molecule has 106 valence electrons. The molecule has 1 heterocycles. The molecule has 0 aromatic heterocycles. The highest BCUT2D eigenvalue weighted by atomic mass is 35.5. The van der Waals surface area contributed by atoms with Crippen LogP contribution >= 0.6 is 11.6 Å². The number of para-hydroxylation sites is 1. The van der Waals surface area contributed by atoms with E-state index in [0.717, 1.165) is 5.56 Å². The molecule has 0 aliphatic carbocycles. The fourth-order valence-electron chi connectivity index (χ4n) is 2.31. The number of benzene rings is 2. The van der Waals surface area contributed by atoms with E-state index in [-0.39, 0.29) is 12.3 Å². The van der Waals surface area contributed by atoms with Crippen LogP contribution in [0, 0.1) is 0 Å². The lowest BCUT2D eigenvalue weighted by Gasteiger charge is -2.23. The Kier molecular flexibility index (Phi) is 3.62. The zero-order valence-corrected chi connectivity index (χ0v) is 11.8. The number of amides is 1. The van der Waals surface area contributed by atoms with Gasteiger partial charge in [-0.3, -0.25) is 9.59 Å². The molecule has 1 atom stereocenters. The van der Waals surface area contributed by atoms with Crippen molar-refractivity contribution in [1.29, 1.82) is 0 Å². The molecule has 1 amide bonds. The highest BCUT2D eigenvalue weighted by Crippen LogP contribution is 2.33. The molecule has 2 aromatic rings. The largest absolute Gasteiger partial charge is 0.426 e. The highest BCUT2D eigenvalue weighted by molar-refractivity contribution is 6.30. The number of esters is 1. The molecular weight excluding hydrogens is 290 g/mol. The maximum absolute atomic E-state index is 12.3. The van der Waals surface area contributed by atoms with Gasteiger partial charge in [0.15, 0.2) is 0 Å². The van der Waals surface area contributed by atoms with E-state index < -0.39 is 11.9 Å². The maximum atomic E-state index is 12.3. The molecule has 1 aliphatic heterocycles. The van der Waals surface area contributed by atoms with Gasteiger partial charge >= 0.3 is 5.97 Å². The predicted octanol–water partition coefficient (Wildman–Crippen LogP) is 3.37. The normalized spacial score (nSPS) is 16.8. The zero-order valence-electron chi connectivity index (χ0n) is 11.0. The summed E-state index contributed by atoms with van der Waals surface area (Å²) >= 11 is 5.79. The molecular formula is C16H12ClNO3. The van der Waals surface area contributed by atoms with Gasteiger partial charge in [-0.25, -0.2) is 0 Å². The second-order valence-electron chi connectivity index (χ2n) is 4.77. The number of nitrogens with one attached hydrogen (secondary N) is 1. The van der Waals surface area contributed by atoms with Gasteiger partial charge in [0.05, 0.1) is 5.92 Å². The van der Waals surface area contributed by atoms with Crippen molar-refractivity contribution in [2.24, 2.45) is 0 Å². The quantitative estimate of drug-likeness (QED) is 0.683. The van der Waals surface area contributed by atoms with Crippen LogP contribution in [0.15, 0.2) is 48.5 Å². The molecule has 0 bridgehead atoms. The zero-order chi connectivity index (χ0) is 14.8. The van der Waals surface area contributed by atoms with E-state index in [1.54, 1.807) is 30.3 Å². The summed E-state index contributed by atoms with van der Waals surface area (Å²) in [6, 6.07) is 13.8. The Bertz CT molecular complexity index is 697. The van der Waals surface area contributed by atoms with Crippen molar-refractivity contribution in [3.05, 3.63) is 59.1 Å². The van der Waals surface area contributed by atoms with Crippen LogP contribution in [0.1, 0.15) is 17.9 Å². The summed E-state index contributed by atoms with van der Waals surface area (Å²) in [5, 5.41) is 3.32. The SMILES string of the molecule is O=C1CC(C(=O)Oc2ccc(Cl)cc2)c2ccccc2N1. The molecule has 4 nitrogen and oxygen atoms in total. The van der Waals surface area contributed by atoms with Crippen LogP contribution in [0.3, 0.4) is 0 Å². The molecule has 2 aromatic carbocycles. The minimum absolute atomic E-state index is 0.0867. The average Bonchev–Trinajstić information content (AvgIpc) is 2.48. The van der Waals surface area contributed by atoms with Gasteiger partial charge in [-0.05, 0) is 35.9 Å². The van der Waals surface area contributed by atoms with Gasteiger partial charge in [-0.15, -0.1) is 0 Å². The molecule has 0 saturated heterocycles. The third-order valence-corrected chi connectivity index (χ3v) is 3.57. The van der Waals surface area contributed by atoms with Crippen molar-refractivity contribution in [2.75, 3.05) is 5.32 Å². The van der Waals surface area contributed by atoms with Crippen LogP contribution in [0.4, 0.5) is 5.69 Å². The van der Waals surface area contributed by atoms with Gasteiger partial charge in [0.1, 0.15) is 5.75 Å². The molecule has 0 spiro atoms. The molecule has 1 N–H and O–H groups in total. The summed E-state index contributed by atoms with van der Waals surface area (Å²) in [4.78, 5) is 24.0. The van der Waals surface area contributed by atoms with Crippen LogP contribution in [-0.4, -0.2) is 11.9 Å². The van der Waals surface area contributed by atoms with Crippen molar-refractivity contribution in [2.45, 2.75) is 12.3 Å². The summed E-state index contributed by atoms with van der Waals surface area (Å²) in [6.45, 7) is 0. The van der Waals surface area contributed by atoms with Crippen LogP contribution in [0.2, 0.25) is 5.02 Å². The van der Waals surface area contributed by atoms with Crippen molar-refractivity contribution < 1.29 is 14.3 Å². The van der Waals surface area contributed by atoms with E-state index in [9.17, 15) is 9.59 Å². The maximum Gasteiger partial charge on any atom is 0.319 e. The van der Waals surface area contributed by atoms with Crippen molar-refractivity contribution >= 4 is 29.2 Å². The van der Waals surface area contributed by atoms with Gasteiger partial charge in [0.25, 0.3) is 0 Å². The number of hydrogen-bond acceptors (Lipinski definition) is 3. The third-order valence-electron chi connectivity index (χ3n) is 3.32. The fourth-order valence-corrected chi connectivity index (χ4v) is 2.44. The Labute approximate surface area is 126 Å². The highest BCUT2D eigenvalue weighted by Gasteiger charge is 2.31. The number of rotatable bonds is 2. The Morgan fingerprint density at radius 2 is 1.86 bits per heavy atom. The van der Waals surface area contributed by atoms with Crippen molar-refractivity contribution in [3.63, 3.8) is 0 Å². The van der Waals surface area contributed by atoms with E-state index in [2.05, 4.69) is 5.32 Å². The average molecular weight is 302 g/mol. The fraction of sp³-hybridized carbons (Fsp3) is 0.125. The van der Waals surface area contributed by atoms with Crippen molar-refractivity contribution in [1.82, 2.24) is 0 Å². The van der Waals surface area contributed by atoms with E-state index in [1.165, 1.54) is 0 Å². The lowest BCUT2D eigenvalue weighted by molar-refractivity contribution is -0.138. The first-order chi connectivity index (χ1) is 10.1. The number of ether oxygens (including phenoxy) is 1. The van der Waals surface area contributed by atoms with Gasteiger partial charge in [0, 0.05) is 17.1 Å². The molecule has 0 radical (unpaired) electrons. The number of anilines is 1. The van der Waals surface area contributed by atoms with Crippen LogP contribution in [0.25, 0.3) is 0 Å². The first kappa shape index (κ1) is 13.6. The second-order valence-corrected chi connectivity index (χ2v) is 5.20. The Hall–Kier alpha value is -2.33.